The van der Waals surface area contributed by atoms with Crippen LogP contribution >= 0.6 is 0 Å². The van der Waals surface area contributed by atoms with Crippen molar-refractivity contribution in [2.45, 2.75) is 13.5 Å². The van der Waals surface area contributed by atoms with Gasteiger partial charge in [-0.1, -0.05) is 0 Å². The van der Waals surface area contributed by atoms with Crippen molar-refractivity contribution in [2.24, 2.45) is 0 Å². The third kappa shape index (κ3) is 2.84. The Hall–Kier alpha value is -1.95. The van der Waals surface area contributed by atoms with Gasteiger partial charge in [-0.25, -0.2) is 0 Å². The third-order valence-corrected chi connectivity index (χ3v) is 2.46. The molecule has 6 nitrogen and oxygen atoms in total. The number of esters is 1. The standard InChI is InChI=1S/C12H15NO5/c1-2-16-12(15)6-13-5-8-3-10-11(4-9(8)14)18-7-17-10/h3-4,13-14H,2,5-7H2,1H3. The topological polar surface area (TPSA) is 77.0 Å². The van der Waals surface area contributed by atoms with Gasteiger partial charge >= 0.3 is 5.97 Å². The van der Waals surface area contributed by atoms with Crippen molar-refractivity contribution in [3.8, 4) is 17.2 Å². The zero-order valence-electron chi connectivity index (χ0n) is 10.1. The van der Waals surface area contributed by atoms with E-state index in [9.17, 15) is 9.90 Å². The van der Waals surface area contributed by atoms with Gasteiger partial charge in [0.15, 0.2) is 11.5 Å². The minimum absolute atomic E-state index is 0.0989. The molecule has 0 atom stereocenters. The molecule has 6 heteroatoms. The highest BCUT2D eigenvalue weighted by Gasteiger charge is 2.16. The van der Waals surface area contributed by atoms with E-state index in [4.69, 9.17) is 14.2 Å². The lowest BCUT2D eigenvalue weighted by atomic mass is 10.1. The molecule has 1 aromatic carbocycles. The van der Waals surface area contributed by atoms with Crippen LogP contribution in [0.25, 0.3) is 0 Å². The number of carbonyl (C=O) groups excluding carboxylic acids is 1. The largest absolute Gasteiger partial charge is 0.507 e. The normalized spacial score (nSPS) is 12.5. The molecule has 1 aliphatic rings. The maximum Gasteiger partial charge on any atom is 0.319 e. The van der Waals surface area contributed by atoms with E-state index in [-0.39, 0.29) is 25.1 Å². The fourth-order valence-electron chi connectivity index (χ4n) is 1.63. The van der Waals surface area contributed by atoms with Crippen LogP contribution in [0.3, 0.4) is 0 Å². The van der Waals surface area contributed by atoms with E-state index in [1.807, 2.05) is 0 Å². The lowest BCUT2D eigenvalue weighted by Gasteiger charge is -2.07. The van der Waals surface area contributed by atoms with Gasteiger partial charge in [0, 0.05) is 18.2 Å². The fraction of sp³-hybridized carbons (Fsp3) is 0.417. The predicted molar refractivity (Wildman–Crippen MR) is 62.6 cm³/mol. The minimum Gasteiger partial charge on any atom is -0.507 e. The van der Waals surface area contributed by atoms with Crippen LogP contribution in [0.15, 0.2) is 12.1 Å². The molecule has 0 fully saturated rings. The summed E-state index contributed by atoms with van der Waals surface area (Å²) >= 11 is 0. The van der Waals surface area contributed by atoms with Crippen LogP contribution < -0.4 is 14.8 Å². The van der Waals surface area contributed by atoms with Gasteiger partial charge in [-0.3, -0.25) is 4.79 Å². The summed E-state index contributed by atoms with van der Waals surface area (Å²) in [5, 5.41) is 12.6. The second kappa shape index (κ2) is 5.59. The summed E-state index contributed by atoms with van der Waals surface area (Å²) in [6.45, 7) is 2.72. The molecule has 18 heavy (non-hydrogen) atoms. The SMILES string of the molecule is CCOC(=O)CNCc1cc2c(cc1O)OCO2. The Morgan fingerprint density at radius 3 is 2.89 bits per heavy atom. The number of aromatic hydroxyl groups is 1. The number of benzene rings is 1. The van der Waals surface area contributed by atoms with Crippen molar-refractivity contribution in [3.05, 3.63) is 17.7 Å². The summed E-state index contributed by atoms with van der Waals surface area (Å²) in [5.41, 5.74) is 0.642. The lowest BCUT2D eigenvalue weighted by molar-refractivity contribution is -0.142. The molecule has 2 N–H and O–H groups in total. The second-order valence-corrected chi connectivity index (χ2v) is 3.74. The molecule has 1 heterocycles. The van der Waals surface area contributed by atoms with Gasteiger partial charge in [-0.05, 0) is 13.0 Å². The first kappa shape index (κ1) is 12.5. The number of phenols is 1. The van der Waals surface area contributed by atoms with Crippen molar-refractivity contribution in [3.63, 3.8) is 0 Å². The van der Waals surface area contributed by atoms with Gasteiger partial charge in [0.2, 0.25) is 6.79 Å². The van der Waals surface area contributed by atoms with Gasteiger partial charge in [0.25, 0.3) is 0 Å². The molecule has 0 unspecified atom stereocenters. The van der Waals surface area contributed by atoms with Crippen molar-refractivity contribution in [1.82, 2.24) is 5.32 Å². The summed E-state index contributed by atoms with van der Waals surface area (Å²) < 4.78 is 15.1. The zero-order valence-corrected chi connectivity index (χ0v) is 10.1. The van der Waals surface area contributed by atoms with Crippen LogP contribution in [0.5, 0.6) is 17.2 Å². The average molecular weight is 253 g/mol. The van der Waals surface area contributed by atoms with E-state index in [0.717, 1.165) is 0 Å². The van der Waals surface area contributed by atoms with Crippen LogP contribution in [-0.2, 0) is 16.1 Å². The summed E-state index contributed by atoms with van der Waals surface area (Å²) in [6.07, 6.45) is 0. The molecule has 1 aliphatic heterocycles. The monoisotopic (exact) mass is 253 g/mol. The van der Waals surface area contributed by atoms with Crippen LogP contribution in [-0.4, -0.2) is 31.0 Å². The molecular weight excluding hydrogens is 238 g/mol. The van der Waals surface area contributed by atoms with Crippen molar-refractivity contribution >= 4 is 5.97 Å². The Morgan fingerprint density at radius 2 is 2.17 bits per heavy atom. The summed E-state index contributed by atoms with van der Waals surface area (Å²) in [5.74, 6) is 0.913. The Morgan fingerprint density at radius 1 is 1.44 bits per heavy atom. The molecule has 0 aromatic heterocycles. The Kier molecular flexibility index (Phi) is 3.88. The molecule has 0 bridgehead atoms. The maximum absolute atomic E-state index is 11.1. The van der Waals surface area contributed by atoms with Crippen LogP contribution in [0.1, 0.15) is 12.5 Å². The first-order valence-electron chi connectivity index (χ1n) is 5.68. The number of nitrogens with one attached hydrogen (secondary N) is 1. The lowest BCUT2D eigenvalue weighted by Crippen LogP contribution is -2.24. The highest BCUT2D eigenvalue weighted by Crippen LogP contribution is 2.37. The molecular formula is C12H15NO5. The molecule has 0 amide bonds. The Bertz CT molecular complexity index is 446. The average Bonchev–Trinajstić information content (AvgIpc) is 2.76. The Balaban J connectivity index is 1.92. The molecule has 0 saturated heterocycles. The minimum atomic E-state index is -0.322. The van der Waals surface area contributed by atoms with Gasteiger partial charge in [0.05, 0.1) is 13.2 Å². The fourth-order valence-corrected chi connectivity index (χ4v) is 1.63. The first-order chi connectivity index (χ1) is 8.70. The predicted octanol–water partition coefficient (Wildman–Crippen LogP) is 0.774. The molecule has 0 radical (unpaired) electrons. The summed E-state index contributed by atoms with van der Waals surface area (Å²) in [6, 6.07) is 3.19. The van der Waals surface area contributed by atoms with E-state index in [1.54, 1.807) is 13.0 Å². The molecule has 2 rings (SSSR count). The number of phenolic OH excluding ortho intramolecular Hbond substituents is 1. The third-order valence-electron chi connectivity index (χ3n) is 2.46. The van der Waals surface area contributed by atoms with Crippen LogP contribution in [0, 0.1) is 0 Å². The second-order valence-electron chi connectivity index (χ2n) is 3.74. The molecule has 0 spiro atoms. The van der Waals surface area contributed by atoms with E-state index >= 15 is 0 Å². The summed E-state index contributed by atoms with van der Waals surface area (Å²) in [4.78, 5) is 11.1. The number of fused-ring (bicyclic) bond motifs is 1. The van der Waals surface area contributed by atoms with E-state index in [2.05, 4.69) is 5.32 Å². The number of hydrogen-bond donors (Lipinski definition) is 2. The van der Waals surface area contributed by atoms with Gasteiger partial charge in [0.1, 0.15) is 5.75 Å². The zero-order chi connectivity index (χ0) is 13.0. The molecule has 98 valence electrons. The molecule has 0 saturated carbocycles. The quantitative estimate of drug-likeness (QED) is 0.755. The molecule has 1 aromatic rings. The Labute approximate surface area is 104 Å². The smallest absolute Gasteiger partial charge is 0.319 e. The number of carbonyl (C=O) groups is 1. The van der Waals surface area contributed by atoms with E-state index in [0.29, 0.717) is 30.2 Å². The van der Waals surface area contributed by atoms with E-state index < -0.39 is 0 Å². The van der Waals surface area contributed by atoms with E-state index in [1.165, 1.54) is 6.07 Å². The van der Waals surface area contributed by atoms with Crippen LogP contribution in [0.4, 0.5) is 0 Å². The number of hydrogen-bond acceptors (Lipinski definition) is 6. The summed E-state index contributed by atoms with van der Waals surface area (Å²) in [7, 11) is 0. The molecule has 0 aliphatic carbocycles. The van der Waals surface area contributed by atoms with Crippen molar-refractivity contribution < 1.29 is 24.1 Å². The first-order valence-corrected chi connectivity index (χ1v) is 5.68. The van der Waals surface area contributed by atoms with Gasteiger partial charge < -0.3 is 24.6 Å². The maximum atomic E-state index is 11.1. The highest BCUT2D eigenvalue weighted by atomic mass is 16.7. The van der Waals surface area contributed by atoms with Crippen molar-refractivity contribution in [1.29, 1.82) is 0 Å². The highest BCUT2D eigenvalue weighted by molar-refractivity contribution is 5.71. The van der Waals surface area contributed by atoms with Crippen LogP contribution in [0.2, 0.25) is 0 Å². The van der Waals surface area contributed by atoms with Gasteiger partial charge in [-0.2, -0.15) is 0 Å². The number of ether oxygens (including phenoxy) is 3. The number of rotatable bonds is 5. The van der Waals surface area contributed by atoms with Gasteiger partial charge in [-0.15, -0.1) is 0 Å². The van der Waals surface area contributed by atoms with Crippen molar-refractivity contribution in [2.75, 3.05) is 19.9 Å².